The summed E-state index contributed by atoms with van der Waals surface area (Å²) < 4.78 is 6.11. The van der Waals surface area contributed by atoms with Gasteiger partial charge in [-0.2, -0.15) is 0 Å². The maximum Gasteiger partial charge on any atom is 0.256 e. The van der Waals surface area contributed by atoms with Crippen molar-refractivity contribution < 1.29 is 14.3 Å². The highest BCUT2D eigenvalue weighted by Crippen LogP contribution is 2.39. The number of benzene rings is 3. The molecule has 0 radical (unpaired) electrons. The quantitative estimate of drug-likeness (QED) is 0.198. The van der Waals surface area contributed by atoms with Crippen molar-refractivity contribution in [2.45, 2.75) is 49.6 Å². The van der Waals surface area contributed by atoms with Crippen LogP contribution in [0.5, 0.6) is 5.75 Å². The molecule has 0 bridgehead atoms. The minimum absolute atomic E-state index is 0.141. The summed E-state index contributed by atoms with van der Waals surface area (Å²) in [5.41, 5.74) is 2.76. The number of anilines is 1. The van der Waals surface area contributed by atoms with E-state index in [0.717, 1.165) is 57.0 Å². The molecule has 1 atom stereocenters. The molecule has 0 saturated carbocycles. The van der Waals surface area contributed by atoms with Crippen molar-refractivity contribution >= 4 is 40.6 Å². The third-order valence-electron chi connectivity index (χ3n) is 7.00. The van der Waals surface area contributed by atoms with Gasteiger partial charge in [-0.15, -0.1) is 11.3 Å². The maximum absolute atomic E-state index is 12.9. The molecule has 2 heterocycles. The standard InChI is InChI=1S/C32H34N4O3S2/c1-4-36(5-2)17-16-21(3)39-24-13-10-22(11-14-24)32-34-20-25(40-32)19-33-30(37)23-12-15-29-27(18-23)35-31(38)26-8-6-7-9-28(26)41-29/h6-15,18,20-21H,4-5,16-17,19H2,1-3H3,(H,33,37)(H,35,38). The van der Waals surface area contributed by atoms with Crippen LogP contribution in [0.2, 0.25) is 0 Å². The molecule has 0 aliphatic carbocycles. The van der Waals surface area contributed by atoms with E-state index in [4.69, 9.17) is 4.74 Å². The van der Waals surface area contributed by atoms with E-state index < -0.39 is 0 Å². The van der Waals surface area contributed by atoms with Gasteiger partial charge in [-0.3, -0.25) is 9.59 Å². The number of amides is 2. The Morgan fingerprint density at radius 3 is 2.61 bits per heavy atom. The molecule has 2 N–H and O–H groups in total. The van der Waals surface area contributed by atoms with Crippen LogP contribution in [-0.2, 0) is 6.54 Å². The van der Waals surface area contributed by atoms with Crippen LogP contribution in [0, 0.1) is 0 Å². The lowest BCUT2D eigenvalue weighted by Crippen LogP contribution is -2.27. The van der Waals surface area contributed by atoms with E-state index in [1.54, 1.807) is 35.7 Å². The monoisotopic (exact) mass is 586 g/mol. The topological polar surface area (TPSA) is 83.6 Å². The number of thiazole rings is 1. The number of ether oxygens (including phenoxy) is 1. The van der Waals surface area contributed by atoms with Gasteiger partial charge in [0, 0.05) is 38.5 Å². The van der Waals surface area contributed by atoms with Gasteiger partial charge in [0.1, 0.15) is 10.8 Å². The Labute approximate surface area is 249 Å². The highest BCUT2D eigenvalue weighted by atomic mass is 32.2. The summed E-state index contributed by atoms with van der Waals surface area (Å²) in [6, 6.07) is 20.9. The summed E-state index contributed by atoms with van der Waals surface area (Å²) in [6.45, 7) is 9.98. The number of hydrogen-bond donors (Lipinski definition) is 2. The van der Waals surface area contributed by atoms with Crippen molar-refractivity contribution in [1.82, 2.24) is 15.2 Å². The number of nitrogens with one attached hydrogen (secondary N) is 2. The minimum atomic E-state index is -0.208. The Kier molecular flexibility index (Phi) is 9.38. The molecule has 1 aliphatic heterocycles. The molecular formula is C32H34N4O3S2. The normalized spacial score (nSPS) is 13.1. The number of carbonyl (C=O) groups excluding carboxylic acids is 2. The first kappa shape index (κ1) is 28.9. The van der Waals surface area contributed by atoms with Crippen molar-refractivity contribution in [3.8, 4) is 16.3 Å². The van der Waals surface area contributed by atoms with Crippen LogP contribution in [0.4, 0.5) is 5.69 Å². The summed E-state index contributed by atoms with van der Waals surface area (Å²) >= 11 is 3.06. The van der Waals surface area contributed by atoms with Gasteiger partial charge in [-0.25, -0.2) is 4.98 Å². The average Bonchev–Trinajstić information content (AvgIpc) is 3.41. The van der Waals surface area contributed by atoms with E-state index in [-0.39, 0.29) is 17.9 Å². The Hall–Kier alpha value is -3.66. The van der Waals surface area contributed by atoms with Gasteiger partial charge in [0.25, 0.3) is 11.8 Å². The van der Waals surface area contributed by atoms with Crippen LogP contribution in [0.15, 0.2) is 82.7 Å². The first-order chi connectivity index (χ1) is 19.9. The highest BCUT2D eigenvalue weighted by Gasteiger charge is 2.21. The number of aromatic nitrogens is 1. The van der Waals surface area contributed by atoms with Gasteiger partial charge in [-0.05, 0) is 81.0 Å². The smallest absolute Gasteiger partial charge is 0.256 e. The van der Waals surface area contributed by atoms with Crippen LogP contribution in [0.3, 0.4) is 0 Å². The average molecular weight is 587 g/mol. The lowest BCUT2D eigenvalue weighted by molar-refractivity contribution is 0.0949. The Bertz CT molecular complexity index is 1520. The van der Waals surface area contributed by atoms with E-state index in [0.29, 0.717) is 23.4 Å². The maximum atomic E-state index is 12.9. The van der Waals surface area contributed by atoms with E-state index in [9.17, 15) is 9.59 Å². The van der Waals surface area contributed by atoms with Gasteiger partial charge < -0.3 is 20.3 Å². The molecule has 0 fully saturated rings. The first-order valence-corrected chi connectivity index (χ1v) is 15.5. The van der Waals surface area contributed by atoms with Crippen molar-refractivity contribution in [3.05, 3.63) is 88.9 Å². The molecule has 9 heteroatoms. The van der Waals surface area contributed by atoms with Gasteiger partial charge in [0.2, 0.25) is 0 Å². The van der Waals surface area contributed by atoms with Gasteiger partial charge in [0.05, 0.1) is 23.9 Å². The molecule has 1 aromatic heterocycles. The fraction of sp³-hybridized carbons (Fsp3) is 0.281. The number of nitrogens with zero attached hydrogens (tertiary/aromatic N) is 2. The summed E-state index contributed by atoms with van der Waals surface area (Å²) in [5, 5.41) is 6.81. The Balaban J connectivity index is 1.16. The molecule has 41 heavy (non-hydrogen) atoms. The van der Waals surface area contributed by atoms with Crippen LogP contribution < -0.4 is 15.4 Å². The van der Waals surface area contributed by atoms with Crippen LogP contribution in [0.1, 0.15) is 52.8 Å². The third-order valence-corrected chi connectivity index (χ3v) is 9.20. The predicted molar refractivity (Wildman–Crippen MR) is 166 cm³/mol. The summed E-state index contributed by atoms with van der Waals surface area (Å²) in [7, 11) is 0. The molecular weight excluding hydrogens is 553 g/mol. The van der Waals surface area contributed by atoms with Crippen LogP contribution in [0.25, 0.3) is 10.6 Å². The van der Waals surface area contributed by atoms with E-state index in [2.05, 4.69) is 41.3 Å². The molecule has 7 nitrogen and oxygen atoms in total. The van der Waals surface area contributed by atoms with Crippen molar-refractivity contribution in [2.75, 3.05) is 25.0 Å². The molecule has 5 rings (SSSR count). The zero-order valence-corrected chi connectivity index (χ0v) is 25.1. The number of carbonyl (C=O) groups is 2. The van der Waals surface area contributed by atoms with Gasteiger partial charge >= 0.3 is 0 Å². The molecule has 4 aromatic rings. The number of rotatable bonds is 11. The highest BCUT2D eigenvalue weighted by molar-refractivity contribution is 7.99. The predicted octanol–water partition coefficient (Wildman–Crippen LogP) is 6.96. The fourth-order valence-corrected chi connectivity index (χ4v) is 6.44. The second-order valence-electron chi connectivity index (χ2n) is 9.85. The Morgan fingerprint density at radius 2 is 1.83 bits per heavy atom. The summed E-state index contributed by atoms with van der Waals surface area (Å²) in [5.74, 6) is 0.468. The zero-order valence-electron chi connectivity index (χ0n) is 23.5. The second-order valence-corrected chi connectivity index (χ2v) is 12.0. The Morgan fingerprint density at radius 1 is 1.05 bits per heavy atom. The molecule has 1 aliphatic rings. The lowest BCUT2D eigenvalue weighted by Gasteiger charge is -2.21. The molecule has 3 aromatic carbocycles. The largest absolute Gasteiger partial charge is 0.491 e. The number of fused-ring (bicyclic) bond motifs is 2. The van der Waals surface area contributed by atoms with Crippen molar-refractivity contribution in [1.29, 1.82) is 0 Å². The van der Waals surface area contributed by atoms with Gasteiger partial charge in [-0.1, -0.05) is 37.7 Å². The third kappa shape index (κ3) is 7.16. The zero-order chi connectivity index (χ0) is 28.8. The summed E-state index contributed by atoms with van der Waals surface area (Å²) in [6.07, 6.45) is 2.92. The van der Waals surface area contributed by atoms with Crippen LogP contribution in [-0.4, -0.2) is 47.4 Å². The van der Waals surface area contributed by atoms with Gasteiger partial charge in [0.15, 0.2) is 0 Å². The molecule has 2 amide bonds. The van der Waals surface area contributed by atoms with E-state index >= 15 is 0 Å². The lowest BCUT2D eigenvalue weighted by atomic mass is 10.1. The van der Waals surface area contributed by atoms with E-state index in [1.807, 2.05) is 48.5 Å². The SMILES string of the molecule is CCN(CC)CCC(C)Oc1ccc(-c2ncc(CNC(=O)c3ccc4c(c3)NC(=O)c3ccccc3S4)s2)cc1. The molecule has 0 spiro atoms. The molecule has 1 unspecified atom stereocenters. The van der Waals surface area contributed by atoms with Crippen LogP contribution >= 0.6 is 23.1 Å². The van der Waals surface area contributed by atoms with E-state index in [1.165, 1.54) is 11.8 Å². The van der Waals surface area contributed by atoms with Crippen molar-refractivity contribution in [3.63, 3.8) is 0 Å². The second kappa shape index (κ2) is 13.3. The molecule has 212 valence electrons. The number of hydrogen-bond acceptors (Lipinski definition) is 7. The molecule has 0 saturated heterocycles. The minimum Gasteiger partial charge on any atom is -0.491 e. The fourth-order valence-electron chi connectivity index (χ4n) is 4.57. The summed E-state index contributed by atoms with van der Waals surface area (Å²) in [4.78, 5) is 35.3. The first-order valence-electron chi connectivity index (χ1n) is 13.9. The van der Waals surface area contributed by atoms with Crippen molar-refractivity contribution in [2.24, 2.45) is 0 Å².